The molecule has 0 saturated carbocycles. The van der Waals surface area contributed by atoms with Crippen molar-refractivity contribution in [2.75, 3.05) is 0 Å². The van der Waals surface area contributed by atoms with E-state index in [1.54, 1.807) is 6.34 Å². The maximum atomic E-state index is 3.93. The lowest BCUT2D eigenvalue weighted by atomic mass is 9.91. The highest BCUT2D eigenvalue weighted by Crippen LogP contribution is 2.24. The van der Waals surface area contributed by atoms with Gasteiger partial charge in [-0.25, -0.2) is 0 Å². The lowest BCUT2D eigenvalue weighted by Gasteiger charge is -2.25. The Morgan fingerprint density at radius 1 is 1.64 bits per heavy atom. The van der Waals surface area contributed by atoms with Crippen molar-refractivity contribution in [3.8, 4) is 0 Å². The molecule has 64 valence electrons. The third-order valence-electron chi connectivity index (χ3n) is 1.50. The molecular formula is C7H14BrN3. The van der Waals surface area contributed by atoms with Crippen LogP contribution in [0, 0.1) is 5.41 Å². The van der Waals surface area contributed by atoms with Gasteiger partial charge in [-0.15, -0.1) is 0 Å². The standard InChI is InChI=1S/C7H14BrN3/c1-7(2,3)4-6-10-9-5-11(6)8/h5-6,10H,4H2,1-3H3. The zero-order valence-electron chi connectivity index (χ0n) is 7.13. The lowest BCUT2D eigenvalue weighted by Crippen LogP contribution is -2.34. The number of nitrogens with one attached hydrogen (secondary N) is 1. The summed E-state index contributed by atoms with van der Waals surface area (Å²) in [4.78, 5) is 0. The Hall–Kier alpha value is -0.250. The topological polar surface area (TPSA) is 27.6 Å². The summed E-state index contributed by atoms with van der Waals surface area (Å²) in [5.41, 5.74) is 3.34. The third kappa shape index (κ3) is 2.69. The lowest BCUT2D eigenvalue weighted by molar-refractivity contribution is 0.278. The van der Waals surface area contributed by atoms with Crippen molar-refractivity contribution >= 4 is 22.5 Å². The quantitative estimate of drug-likeness (QED) is 0.683. The highest BCUT2D eigenvalue weighted by molar-refractivity contribution is 9.07. The maximum absolute atomic E-state index is 3.93. The number of hydrogen-bond acceptors (Lipinski definition) is 3. The molecule has 1 N–H and O–H groups in total. The second-order valence-electron chi connectivity index (χ2n) is 4.00. The van der Waals surface area contributed by atoms with E-state index in [1.807, 2.05) is 3.93 Å². The molecule has 0 bridgehead atoms. The van der Waals surface area contributed by atoms with Crippen LogP contribution in [0.2, 0.25) is 0 Å². The SMILES string of the molecule is CC(C)(C)CC1NN=CN1Br. The predicted octanol–water partition coefficient (Wildman–Crippen LogP) is 1.91. The van der Waals surface area contributed by atoms with Crippen molar-refractivity contribution in [1.29, 1.82) is 0 Å². The van der Waals surface area contributed by atoms with E-state index in [1.165, 1.54) is 0 Å². The smallest absolute Gasteiger partial charge is 0.127 e. The van der Waals surface area contributed by atoms with E-state index in [0.717, 1.165) is 6.42 Å². The highest BCUT2D eigenvalue weighted by atomic mass is 79.9. The van der Waals surface area contributed by atoms with E-state index in [2.05, 4.69) is 47.4 Å². The molecule has 3 nitrogen and oxygen atoms in total. The van der Waals surface area contributed by atoms with Crippen LogP contribution in [0.3, 0.4) is 0 Å². The van der Waals surface area contributed by atoms with Gasteiger partial charge in [0.25, 0.3) is 0 Å². The molecule has 1 aliphatic heterocycles. The fourth-order valence-corrected chi connectivity index (χ4v) is 1.35. The van der Waals surface area contributed by atoms with Crippen molar-refractivity contribution < 1.29 is 0 Å². The Bertz CT molecular complexity index is 162. The summed E-state index contributed by atoms with van der Waals surface area (Å²) in [6.07, 6.45) is 3.12. The first-order valence-electron chi connectivity index (χ1n) is 3.72. The molecule has 0 amide bonds. The number of hydrazone groups is 1. The Morgan fingerprint density at radius 2 is 2.27 bits per heavy atom. The Balaban J connectivity index is 2.40. The average molecular weight is 220 g/mol. The van der Waals surface area contributed by atoms with Crippen molar-refractivity contribution in [3.05, 3.63) is 0 Å². The average Bonchev–Trinajstić information content (AvgIpc) is 2.12. The molecule has 0 saturated heterocycles. The van der Waals surface area contributed by atoms with Gasteiger partial charge in [-0.1, -0.05) is 20.8 Å². The fraction of sp³-hybridized carbons (Fsp3) is 0.857. The first-order chi connectivity index (χ1) is 4.99. The minimum atomic E-state index is 0.301. The molecule has 1 rings (SSSR count). The molecule has 1 atom stereocenters. The van der Waals surface area contributed by atoms with E-state index in [4.69, 9.17) is 0 Å². The van der Waals surface area contributed by atoms with E-state index < -0.39 is 0 Å². The molecule has 0 aliphatic carbocycles. The zero-order chi connectivity index (χ0) is 8.48. The molecule has 1 unspecified atom stereocenters. The minimum absolute atomic E-state index is 0.301. The van der Waals surface area contributed by atoms with Crippen molar-refractivity contribution in [2.24, 2.45) is 10.5 Å². The molecule has 0 radical (unpaired) electrons. The van der Waals surface area contributed by atoms with Crippen LogP contribution in [0.15, 0.2) is 5.10 Å². The second kappa shape index (κ2) is 3.01. The molecule has 4 heteroatoms. The summed E-state index contributed by atoms with van der Waals surface area (Å²) in [6.45, 7) is 6.65. The van der Waals surface area contributed by atoms with E-state index in [-0.39, 0.29) is 0 Å². The van der Waals surface area contributed by atoms with Crippen LogP contribution < -0.4 is 5.43 Å². The molecule has 1 heterocycles. The summed E-state index contributed by atoms with van der Waals surface area (Å²) in [5, 5.41) is 3.93. The first-order valence-corrected chi connectivity index (χ1v) is 4.43. The normalized spacial score (nSPS) is 24.0. The van der Waals surface area contributed by atoms with Crippen LogP contribution in [0.25, 0.3) is 0 Å². The van der Waals surface area contributed by atoms with Gasteiger partial charge in [0.15, 0.2) is 0 Å². The summed E-state index contributed by atoms with van der Waals surface area (Å²) < 4.78 is 1.91. The maximum Gasteiger partial charge on any atom is 0.127 e. The summed E-state index contributed by atoms with van der Waals surface area (Å²) >= 11 is 3.38. The van der Waals surface area contributed by atoms with Gasteiger partial charge in [0.2, 0.25) is 0 Å². The second-order valence-corrected chi connectivity index (χ2v) is 4.82. The predicted molar refractivity (Wildman–Crippen MR) is 50.3 cm³/mol. The molecule has 1 aliphatic rings. The van der Waals surface area contributed by atoms with Crippen LogP contribution in [-0.4, -0.2) is 16.4 Å². The van der Waals surface area contributed by atoms with Crippen LogP contribution in [0.4, 0.5) is 0 Å². The Kier molecular flexibility index (Phi) is 2.42. The highest BCUT2D eigenvalue weighted by Gasteiger charge is 2.23. The number of nitrogens with zero attached hydrogens (tertiary/aromatic N) is 2. The summed E-state index contributed by atoms with van der Waals surface area (Å²) in [7, 11) is 0. The van der Waals surface area contributed by atoms with Gasteiger partial charge in [0, 0.05) is 0 Å². The number of hydrogen-bond donors (Lipinski definition) is 1. The van der Waals surface area contributed by atoms with Crippen LogP contribution in [0.1, 0.15) is 27.2 Å². The minimum Gasteiger partial charge on any atom is -0.285 e. The summed E-state index contributed by atoms with van der Waals surface area (Å²) in [5.74, 6) is 0. The Morgan fingerprint density at radius 3 is 2.64 bits per heavy atom. The van der Waals surface area contributed by atoms with Gasteiger partial charge in [0.1, 0.15) is 12.5 Å². The van der Waals surface area contributed by atoms with Crippen LogP contribution >= 0.6 is 16.1 Å². The molecule has 0 fully saturated rings. The monoisotopic (exact) mass is 219 g/mol. The molecular weight excluding hydrogens is 206 g/mol. The molecule has 0 spiro atoms. The van der Waals surface area contributed by atoms with Gasteiger partial charge in [-0.2, -0.15) is 5.10 Å². The summed E-state index contributed by atoms with van der Waals surface area (Å²) in [6, 6.07) is 0. The van der Waals surface area contributed by atoms with Crippen molar-refractivity contribution in [3.63, 3.8) is 0 Å². The number of halogens is 1. The van der Waals surface area contributed by atoms with Gasteiger partial charge >= 0.3 is 0 Å². The van der Waals surface area contributed by atoms with Gasteiger partial charge in [-0.3, -0.25) is 9.35 Å². The Labute approximate surface area is 76.2 Å². The molecule has 0 aromatic heterocycles. The van der Waals surface area contributed by atoms with E-state index >= 15 is 0 Å². The van der Waals surface area contributed by atoms with Gasteiger partial charge in [0.05, 0.1) is 16.1 Å². The zero-order valence-corrected chi connectivity index (χ0v) is 8.72. The molecule has 0 aromatic rings. The van der Waals surface area contributed by atoms with Gasteiger partial charge in [-0.05, 0) is 11.8 Å². The molecule has 0 aromatic carbocycles. The van der Waals surface area contributed by atoms with Crippen LogP contribution in [0.5, 0.6) is 0 Å². The van der Waals surface area contributed by atoms with Crippen LogP contribution in [-0.2, 0) is 0 Å². The van der Waals surface area contributed by atoms with Crippen molar-refractivity contribution in [2.45, 2.75) is 33.4 Å². The third-order valence-corrected chi connectivity index (χ3v) is 2.17. The van der Waals surface area contributed by atoms with E-state index in [0.29, 0.717) is 11.6 Å². The van der Waals surface area contributed by atoms with E-state index in [9.17, 15) is 0 Å². The fourth-order valence-electron chi connectivity index (χ4n) is 1.02. The van der Waals surface area contributed by atoms with Crippen molar-refractivity contribution in [1.82, 2.24) is 9.35 Å². The van der Waals surface area contributed by atoms with Gasteiger partial charge < -0.3 is 0 Å². The molecule has 11 heavy (non-hydrogen) atoms. The largest absolute Gasteiger partial charge is 0.285 e. The number of rotatable bonds is 1. The first kappa shape index (κ1) is 8.84.